The van der Waals surface area contributed by atoms with E-state index in [4.69, 9.17) is 23.2 Å². The predicted molar refractivity (Wildman–Crippen MR) is 80.0 cm³/mol. The molecule has 0 spiro atoms. The van der Waals surface area contributed by atoms with Gasteiger partial charge in [-0.3, -0.25) is 4.79 Å². The van der Waals surface area contributed by atoms with Crippen molar-refractivity contribution in [3.63, 3.8) is 0 Å². The van der Waals surface area contributed by atoms with Gasteiger partial charge in [0.1, 0.15) is 5.82 Å². The van der Waals surface area contributed by atoms with Crippen LogP contribution in [0.1, 0.15) is 0 Å². The molecule has 0 atom stereocenters. The van der Waals surface area contributed by atoms with E-state index in [0.717, 1.165) is 0 Å². The largest absolute Gasteiger partial charge is 0.321 e. The quantitative estimate of drug-likeness (QED) is 0.698. The second-order valence-corrected chi connectivity index (χ2v) is 5.13. The van der Waals surface area contributed by atoms with E-state index in [0.29, 0.717) is 21.5 Å². The average molecular weight is 308 g/mol. The summed E-state index contributed by atoms with van der Waals surface area (Å²) < 4.78 is 14.6. The number of para-hydroxylation sites is 1. The molecule has 5 heteroatoms. The van der Waals surface area contributed by atoms with Crippen molar-refractivity contribution in [3.8, 4) is 11.1 Å². The molecule has 100 valence electrons. The van der Waals surface area contributed by atoms with E-state index in [9.17, 15) is 9.18 Å². The van der Waals surface area contributed by atoms with Crippen molar-refractivity contribution in [1.82, 2.24) is 4.98 Å². The van der Waals surface area contributed by atoms with Crippen LogP contribution in [0.5, 0.6) is 0 Å². The second kappa shape index (κ2) is 4.93. The summed E-state index contributed by atoms with van der Waals surface area (Å²) in [5.74, 6) is -0.567. The molecule has 1 N–H and O–H groups in total. The van der Waals surface area contributed by atoms with Gasteiger partial charge in [-0.05, 0) is 29.8 Å². The molecule has 0 saturated heterocycles. The lowest BCUT2D eigenvalue weighted by molar-refractivity contribution is 0.640. The summed E-state index contributed by atoms with van der Waals surface area (Å²) in [6.07, 6.45) is 0. The second-order valence-electron chi connectivity index (χ2n) is 4.32. The van der Waals surface area contributed by atoms with E-state index < -0.39 is 11.4 Å². The van der Waals surface area contributed by atoms with Crippen LogP contribution in [-0.2, 0) is 0 Å². The van der Waals surface area contributed by atoms with E-state index in [2.05, 4.69) is 4.98 Å². The van der Waals surface area contributed by atoms with Gasteiger partial charge >= 0.3 is 0 Å². The Morgan fingerprint density at radius 2 is 1.75 bits per heavy atom. The highest BCUT2D eigenvalue weighted by atomic mass is 35.5. The van der Waals surface area contributed by atoms with Crippen molar-refractivity contribution in [2.45, 2.75) is 0 Å². The Bertz CT molecular complexity index is 873. The first-order chi connectivity index (χ1) is 9.58. The molecule has 0 aliphatic heterocycles. The van der Waals surface area contributed by atoms with Crippen LogP contribution < -0.4 is 5.56 Å². The van der Waals surface area contributed by atoms with Crippen LogP contribution in [0.15, 0.2) is 47.3 Å². The van der Waals surface area contributed by atoms with Gasteiger partial charge in [0.25, 0.3) is 5.56 Å². The van der Waals surface area contributed by atoms with E-state index in [1.807, 2.05) is 0 Å². The topological polar surface area (TPSA) is 32.9 Å². The third-order valence-corrected chi connectivity index (χ3v) is 3.81. The van der Waals surface area contributed by atoms with E-state index in [-0.39, 0.29) is 10.6 Å². The van der Waals surface area contributed by atoms with Gasteiger partial charge in [-0.1, -0.05) is 41.4 Å². The van der Waals surface area contributed by atoms with Crippen molar-refractivity contribution in [3.05, 3.63) is 68.7 Å². The van der Waals surface area contributed by atoms with Gasteiger partial charge in [0.05, 0.1) is 21.1 Å². The van der Waals surface area contributed by atoms with Crippen molar-refractivity contribution in [1.29, 1.82) is 0 Å². The maximum atomic E-state index is 14.6. The summed E-state index contributed by atoms with van der Waals surface area (Å²) in [7, 11) is 0. The summed E-state index contributed by atoms with van der Waals surface area (Å²) >= 11 is 11.8. The molecule has 0 radical (unpaired) electrons. The first-order valence-electron chi connectivity index (χ1n) is 5.84. The highest BCUT2D eigenvalue weighted by molar-refractivity contribution is 6.42. The summed E-state index contributed by atoms with van der Waals surface area (Å²) in [6, 6.07) is 11.3. The number of benzene rings is 2. The standard InChI is InChI=1S/C15H8Cl2FNO/c16-10-6-5-8(7-11(10)17)13-14(18)9-3-1-2-4-12(9)19-15(13)20/h1-7H,(H,19,20). The van der Waals surface area contributed by atoms with Crippen LogP contribution in [0.25, 0.3) is 22.0 Å². The van der Waals surface area contributed by atoms with Crippen LogP contribution in [0.2, 0.25) is 10.0 Å². The lowest BCUT2D eigenvalue weighted by atomic mass is 10.0. The molecule has 0 amide bonds. The Hall–Kier alpha value is -1.84. The maximum Gasteiger partial charge on any atom is 0.259 e. The Labute approximate surface area is 123 Å². The number of aromatic nitrogens is 1. The third-order valence-electron chi connectivity index (χ3n) is 3.07. The van der Waals surface area contributed by atoms with E-state index >= 15 is 0 Å². The Balaban J connectivity index is 2.36. The number of halogens is 3. The molecule has 0 aliphatic rings. The number of hydrogen-bond acceptors (Lipinski definition) is 1. The Morgan fingerprint density at radius 3 is 2.50 bits per heavy atom. The molecule has 0 fully saturated rings. The zero-order valence-electron chi connectivity index (χ0n) is 10.1. The van der Waals surface area contributed by atoms with Crippen LogP contribution >= 0.6 is 23.2 Å². The molecule has 1 heterocycles. The van der Waals surface area contributed by atoms with Crippen LogP contribution in [0.3, 0.4) is 0 Å². The van der Waals surface area contributed by atoms with Gasteiger partial charge in [-0.15, -0.1) is 0 Å². The van der Waals surface area contributed by atoms with Crippen LogP contribution in [0, 0.1) is 5.82 Å². The molecule has 0 unspecified atom stereocenters. The molecule has 0 saturated carbocycles. The van der Waals surface area contributed by atoms with Gasteiger partial charge in [0, 0.05) is 5.39 Å². The minimum atomic E-state index is -0.567. The number of aromatic amines is 1. The fourth-order valence-corrected chi connectivity index (χ4v) is 2.41. The Kier molecular flexibility index (Phi) is 3.24. The third kappa shape index (κ3) is 2.09. The molecule has 20 heavy (non-hydrogen) atoms. The number of pyridine rings is 1. The van der Waals surface area contributed by atoms with E-state index in [1.165, 1.54) is 12.1 Å². The zero-order valence-corrected chi connectivity index (χ0v) is 11.6. The maximum absolute atomic E-state index is 14.6. The highest BCUT2D eigenvalue weighted by Crippen LogP contribution is 2.30. The summed E-state index contributed by atoms with van der Waals surface area (Å²) in [5, 5.41) is 0.984. The van der Waals surface area contributed by atoms with Crippen molar-refractivity contribution >= 4 is 34.1 Å². The molecular weight excluding hydrogens is 300 g/mol. The molecular formula is C15H8Cl2FNO. The summed E-state index contributed by atoms with van der Waals surface area (Å²) in [4.78, 5) is 14.7. The SMILES string of the molecule is O=c1[nH]c2ccccc2c(F)c1-c1ccc(Cl)c(Cl)c1. The normalized spacial score (nSPS) is 10.9. The van der Waals surface area contributed by atoms with Gasteiger partial charge in [0.15, 0.2) is 0 Å². The molecule has 2 nitrogen and oxygen atoms in total. The lowest BCUT2D eigenvalue weighted by Gasteiger charge is -2.07. The minimum absolute atomic E-state index is 0.0396. The number of hydrogen-bond donors (Lipinski definition) is 1. The van der Waals surface area contributed by atoms with Crippen molar-refractivity contribution < 1.29 is 4.39 Å². The average Bonchev–Trinajstić information content (AvgIpc) is 2.43. The number of rotatable bonds is 1. The van der Waals surface area contributed by atoms with Gasteiger partial charge < -0.3 is 4.98 Å². The minimum Gasteiger partial charge on any atom is -0.321 e. The first kappa shape index (κ1) is 13.2. The highest BCUT2D eigenvalue weighted by Gasteiger charge is 2.15. The molecule has 2 aromatic carbocycles. The van der Waals surface area contributed by atoms with Gasteiger partial charge in [-0.2, -0.15) is 0 Å². The van der Waals surface area contributed by atoms with Gasteiger partial charge in [-0.25, -0.2) is 4.39 Å². The predicted octanol–water partition coefficient (Wildman–Crippen LogP) is 4.64. The van der Waals surface area contributed by atoms with Crippen LogP contribution in [0.4, 0.5) is 4.39 Å². The molecule has 3 aromatic rings. The monoisotopic (exact) mass is 307 g/mol. The van der Waals surface area contributed by atoms with Crippen molar-refractivity contribution in [2.24, 2.45) is 0 Å². The summed E-state index contributed by atoms with van der Waals surface area (Å²) in [6.45, 7) is 0. The lowest BCUT2D eigenvalue weighted by Crippen LogP contribution is -2.11. The fourth-order valence-electron chi connectivity index (χ4n) is 2.11. The van der Waals surface area contributed by atoms with Gasteiger partial charge in [0.2, 0.25) is 0 Å². The zero-order chi connectivity index (χ0) is 14.3. The van der Waals surface area contributed by atoms with E-state index in [1.54, 1.807) is 30.3 Å². The number of fused-ring (bicyclic) bond motifs is 1. The van der Waals surface area contributed by atoms with Crippen LogP contribution in [-0.4, -0.2) is 4.98 Å². The molecule has 0 bridgehead atoms. The number of H-pyrrole nitrogens is 1. The van der Waals surface area contributed by atoms with Crippen molar-refractivity contribution in [2.75, 3.05) is 0 Å². The number of nitrogens with one attached hydrogen (secondary N) is 1. The Morgan fingerprint density at radius 1 is 1.00 bits per heavy atom. The molecule has 1 aromatic heterocycles. The molecule has 0 aliphatic carbocycles. The smallest absolute Gasteiger partial charge is 0.259 e. The fraction of sp³-hybridized carbons (Fsp3) is 0. The first-order valence-corrected chi connectivity index (χ1v) is 6.59. The summed E-state index contributed by atoms with van der Waals surface area (Å²) in [5.41, 5.74) is 0.310. The molecule has 3 rings (SSSR count).